The van der Waals surface area contributed by atoms with E-state index in [1.54, 1.807) is 0 Å². The van der Waals surface area contributed by atoms with Crippen molar-refractivity contribution in [3.8, 4) is 0 Å². The Morgan fingerprint density at radius 2 is 0.393 bits per heavy atom. The van der Waals surface area contributed by atoms with Crippen molar-refractivity contribution in [2.45, 2.75) is 129 Å². The van der Waals surface area contributed by atoms with E-state index in [0.717, 1.165) is 117 Å². The highest BCUT2D eigenvalue weighted by Gasteiger charge is 2.05. The van der Waals surface area contributed by atoms with Crippen molar-refractivity contribution >= 4 is 11.9 Å². The lowest BCUT2D eigenvalue weighted by Crippen LogP contribution is -2.11. The van der Waals surface area contributed by atoms with Gasteiger partial charge in [0.05, 0.1) is 13.2 Å². The Balaban J connectivity index is 3.22. The van der Waals surface area contributed by atoms with Crippen molar-refractivity contribution in [1.82, 2.24) is 0 Å². The summed E-state index contributed by atoms with van der Waals surface area (Å²) in [6, 6.07) is 0. The van der Waals surface area contributed by atoms with Crippen LogP contribution >= 0.6 is 0 Å². The standard InChI is InChI=1S/C46H90O15/c1-3-5-21-49-25-9-27-52-29-11-31-54-33-13-35-56-37-15-39-58-41-17-43-60-45(47)19-7-23-51-24-8-20-46(48)61-44-18-42-59-40-16-38-57-36-14-34-55-32-12-30-53-28-10-26-50-22-6-4-2/h3-44H2,1-2H3. The average molecular weight is 883 g/mol. The molecule has 0 saturated carbocycles. The molecule has 0 saturated heterocycles. The zero-order chi connectivity index (χ0) is 44.0. The monoisotopic (exact) mass is 883 g/mol. The van der Waals surface area contributed by atoms with Crippen LogP contribution in [0.25, 0.3) is 0 Å². The summed E-state index contributed by atoms with van der Waals surface area (Å²) in [5.41, 5.74) is 0. The molecular formula is C46H90O15. The molecule has 0 unspecified atom stereocenters. The molecule has 0 aliphatic heterocycles. The van der Waals surface area contributed by atoms with Crippen LogP contribution in [0.4, 0.5) is 0 Å². The van der Waals surface area contributed by atoms with Crippen molar-refractivity contribution in [3.63, 3.8) is 0 Å². The Kier molecular flexibility index (Phi) is 53.3. The molecule has 15 nitrogen and oxygen atoms in total. The normalized spacial score (nSPS) is 11.4. The third kappa shape index (κ3) is 54.6. The Labute approximate surface area is 370 Å². The zero-order valence-corrected chi connectivity index (χ0v) is 38.8. The third-order valence-corrected chi connectivity index (χ3v) is 8.63. The van der Waals surface area contributed by atoms with Crippen LogP contribution in [0.5, 0.6) is 0 Å². The molecule has 364 valence electrons. The quantitative estimate of drug-likeness (QED) is 0.0443. The molecule has 0 fully saturated rings. The number of carbonyl (C=O) groups excluding carboxylic acids is 2. The van der Waals surface area contributed by atoms with Crippen LogP contribution in [-0.2, 0) is 71.2 Å². The first-order chi connectivity index (χ1) is 30.2. The SMILES string of the molecule is CCCCOCCCOCCCOCCCOCCCOCCCOC(=O)CCCOCCCC(=O)OCCCOCCCOCCCOCCCOCCCOCCCC. The maximum Gasteiger partial charge on any atom is 0.305 e. The van der Waals surface area contributed by atoms with Gasteiger partial charge in [0, 0.05) is 171 Å². The topological polar surface area (TPSA) is 154 Å². The number of esters is 2. The summed E-state index contributed by atoms with van der Waals surface area (Å²) in [5, 5.41) is 0. The molecule has 0 atom stereocenters. The van der Waals surface area contributed by atoms with Gasteiger partial charge >= 0.3 is 11.9 Å². The highest BCUT2D eigenvalue weighted by atomic mass is 16.5. The van der Waals surface area contributed by atoms with E-state index >= 15 is 0 Å². The van der Waals surface area contributed by atoms with E-state index < -0.39 is 0 Å². The minimum atomic E-state index is -0.241. The molecule has 0 aromatic rings. The molecule has 0 radical (unpaired) electrons. The van der Waals surface area contributed by atoms with Gasteiger partial charge in [0.25, 0.3) is 0 Å². The van der Waals surface area contributed by atoms with E-state index in [2.05, 4.69) is 13.8 Å². The Morgan fingerprint density at radius 1 is 0.230 bits per heavy atom. The molecule has 0 heterocycles. The highest BCUT2D eigenvalue weighted by Crippen LogP contribution is 2.01. The summed E-state index contributed by atoms with van der Waals surface area (Å²) in [6.45, 7) is 19.8. The minimum absolute atomic E-state index is 0.241. The van der Waals surface area contributed by atoms with Crippen molar-refractivity contribution in [2.24, 2.45) is 0 Å². The van der Waals surface area contributed by atoms with Gasteiger partial charge in [-0.25, -0.2) is 0 Å². The van der Waals surface area contributed by atoms with E-state index in [4.69, 9.17) is 61.6 Å². The molecule has 0 aromatic carbocycles. The highest BCUT2D eigenvalue weighted by molar-refractivity contribution is 5.69. The molecule has 0 N–H and O–H groups in total. The number of rotatable bonds is 54. The van der Waals surface area contributed by atoms with Crippen molar-refractivity contribution in [1.29, 1.82) is 0 Å². The second-order valence-corrected chi connectivity index (χ2v) is 14.6. The van der Waals surface area contributed by atoms with Gasteiger partial charge in [-0.3, -0.25) is 9.59 Å². The molecule has 61 heavy (non-hydrogen) atoms. The van der Waals surface area contributed by atoms with Crippen molar-refractivity contribution < 1.29 is 71.2 Å². The summed E-state index contributed by atoms with van der Waals surface area (Å²) in [5.74, 6) is -0.482. The Hall–Kier alpha value is -1.50. The van der Waals surface area contributed by atoms with Crippen LogP contribution in [0, 0.1) is 0 Å². The van der Waals surface area contributed by atoms with E-state index in [1.165, 1.54) is 12.8 Å². The molecule has 0 amide bonds. The molecule has 0 aliphatic rings. The first kappa shape index (κ1) is 59.5. The lowest BCUT2D eigenvalue weighted by molar-refractivity contribution is -0.145. The van der Waals surface area contributed by atoms with Crippen molar-refractivity contribution in [2.75, 3.05) is 159 Å². The molecule has 15 heteroatoms. The Bertz CT molecular complexity index is 788. The maximum atomic E-state index is 11.9. The van der Waals surface area contributed by atoms with E-state index in [9.17, 15) is 9.59 Å². The summed E-state index contributed by atoms with van der Waals surface area (Å²) in [6.07, 6.45) is 14.7. The number of hydrogen-bond acceptors (Lipinski definition) is 15. The largest absolute Gasteiger partial charge is 0.466 e. The van der Waals surface area contributed by atoms with Gasteiger partial charge in [0.1, 0.15) is 0 Å². The summed E-state index contributed by atoms with van der Waals surface area (Å²) >= 11 is 0. The van der Waals surface area contributed by atoms with Crippen LogP contribution < -0.4 is 0 Å². The first-order valence-electron chi connectivity index (χ1n) is 23.9. The van der Waals surface area contributed by atoms with E-state index in [0.29, 0.717) is 144 Å². The minimum Gasteiger partial charge on any atom is -0.466 e. The molecular weight excluding hydrogens is 792 g/mol. The summed E-state index contributed by atoms with van der Waals surface area (Å²) in [7, 11) is 0. The lowest BCUT2D eigenvalue weighted by atomic mass is 10.3. The van der Waals surface area contributed by atoms with Gasteiger partial charge < -0.3 is 61.6 Å². The van der Waals surface area contributed by atoms with Crippen molar-refractivity contribution in [3.05, 3.63) is 0 Å². The van der Waals surface area contributed by atoms with E-state index in [1.807, 2.05) is 0 Å². The van der Waals surface area contributed by atoms with Crippen LogP contribution in [0.2, 0.25) is 0 Å². The fourth-order valence-electron chi connectivity index (χ4n) is 5.20. The summed E-state index contributed by atoms with van der Waals surface area (Å²) in [4.78, 5) is 23.9. The third-order valence-electron chi connectivity index (χ3n) is 8.63. The van der Waals surface area contributed by atoms with E-state index in [-0.39, 0.29) is 11.9 Å². The van der Waals surface area contributed by atoms with Gasteiger partial charge in [-0.15, -0.1) is 0 Å². The number of hydrogen-bond donors (Lipinski definition) is 0. The first-order valence-corrected chi connectivity index (χ1v) is 23.9. The zero-order valence-electron chi connectivity index (χ0n) is 38.8. The smallest absolute Gasteiger partial charge is 0.305 e. The van der Waals surface area contributed by atoms with Gasteiger partial charge in [-0.2, -0.15) is 0 Å². The molecule has 0 aliphatic carbocycles. The predicted octanol–water partition coefficient (Wildman–Crippen LogP) is 7.32. The lowest BCUT2D eigenvalue weighted by Gasteiger charge is -2.08. The van der Waals surface area contributed by atoms with Crippen LogP contribution in [0.3, 0.4) is 0 Å². The Morgan fingerprint density at radius 3 is 0.590 bits per heavy atom. The second-order valence-electron chi connectivity index (χ2n) is 14.6. The molecule has 0 bridgehead atoms. The molecule has 0 rings (SSSR count). The predicted molar refractivity (Wildman–Crippen MR) is 235 cm³/mol. The van der Waals surface area contributed by atoms with Crippen LogP contribution in [0.15, 0.2) is 0 Å². The fraction of sp³-hybridized carbons (Fsp3) is 0.957. The summed E-state index contributed by atoms with van der Waals surface area (Å²) < 4.78 is 72.0. The molecule has 0 aromatic heterocycles. The number of carbonyl (C=O) groups is 2. The number of unbranched alkanes of at least 4 members (excludes halogenated alkanes) is 2. The maximum absolute atomic E-state index is 11.9. The van der Waals surface area contributed by atoms with Gasteiger partial charge in [-0.05, 0) is 77.0 Å². The second kappa shape index (κ2) is 54.6. The fourth-order valence-corrected chi connectivity index (χ4v) is 5.20. The van der Waals surface area contributed by atoms with Gasteiger partial charge in [0.2, 0.25) is 0 Å². The van der Waals surface area contributed by atoms with Crippen LogP contribution in [0.1, 0.15) is 129 Å². The molecule has 0 spiro atoms. The van der Waals surface area contributed by atoms with Gasteiger partial charge in [0.15, 0.2) is 0 Å². The van der Waals surface area contributed by atoms with Gasteiger partial charge in [-0.1, -0.05) is 26.7 Å². The number of ether oxygens (including phenoxy) is 13. The average Bonchev–Trinajstić information content (AvgIpc) is 3.26. The van der Waals surface area contributed by atoms with Crippen LogP contribution in [-0.4, -0.2) is 171 Å².